The number of hydrogen-bond acceptors (Lipinski definition) is 11. The van der Waals surface area contributed by atoms with E-state index in [0.29, 0.717) is 12.8 Å². The molecule has 12 nitrogen and oxygen atoms in total. The summed E-state index contributed by atoms with van der Waals surface area (Å²) in [5, 5.41) is 11.4. The van der Waals surface area contributed by atoms with Gasteiger partial charge in [-0.2, -0.15) is 0 Å². The van der Waals surface area contributed by atoms with Crippen molar-refractivity contribution in [2.45, 2.75) is 135 Å². The predicted octanol–water partition coefficient (Wildman–Crippen LogP) is 4.99. The number of allylic oxidation sites excluding steroid dienone is 1. The number of rotatable bonds is 9. The molecule has 0 saturated carbocycles. The number of carbonyl (C=O) groups excluding carboxylic acids is 4. The molecule has 296 valence electrons. The van der Waals surface area contributed by atoms with Crippen molar-refractivity contribution >= 4 is 23.6 Å². The SMILES string of the molecule is CC[C@H]1OC(=O)[C@H](C)C(=O)[C@H](C)[C@@H](O[C@@H]2O[C@H](C)C[C@H](N(C)C)[C@H]2O)[C@](C)(OC)C[C@@H](C)C(=O)[C@H](C)[C@H]2N(C/C=C/Cc3ccccc3)C(=O)O[C@]12C. The largest absolute Gasteiger partial charge is 0.458 e. The van der Waals surface area contributed by atoms with Gasteiger partial charge >= 0.3 is 12.1 Å². The number of cyclic esters (lactones) is 1. The van der Waals surface area contributed by atoms with E-state index in [1.807, 2.05) is 75.3 Å². The Morgan fingerprint density at radius 1 is 0.981 bits per heavy atom. The maximum atomic E-state index is 14.6. The standard InChI is InChI=1S/C41H62N2O10/c1-12-31-41(8)35(43(39(48)53-41)21-17-16-20-29-18-14-13-15-19-29)26(4)32(44)24(2)23-40(7,49-11)36(27(5)33(45)28(6)37(47)51-31)52-38-34(46)30(42(9)10)22-25(3)50-38/h13-19,24-28,30-31,34-36,38,46H,12,20-23H2,1-11H3/b17-16+/t24-,25-,26+,27+,28-,30+,31-,34-,35-,36-,38+,40-,41-/m1/s1. The molecule has 3 aliphatic heterocycles. The second-order valence-electron chi connectivity index (χ2n) is 16.0. The molecule has 3 aliphatic rings. The van der Waals surface area contributed by atoms with Crippen molar-refractivity contribution in [1.29, 1.82) is 0 Å². The van der Waals surface area contributed by atoms with E-state index >= 15 is 0 Å². The summed E-state index contributed by atoms with van der Waals surface area (Å²) < 4.78 is 31.0. The van der Waals surface area contributed by atoms with Gasteiger partial charge in [0.1, 0.15) is 23.9 Å². The highest BCUT2D eigenvalue weighted by atomic mass is 16.7. The fourth-order valence-electron chi connectivity index (χ4n) is 8.69. The van der Waals surface area contributed by atoms with Gasteiger partial charge in [-0.05, 0) is 73.0 Å². The van der Waals surface area contributed by atoms with Crippen LogP contribution < -0.4 is 0 Å². The lowest BCUT2D eigenvalue weighted by atomic mass is 9.73. The van der Waals surface area contributed by atoms with Crippen LogP contribution >= 0.6 is 0 Å². The molecule has 0 radical (unpaired) electrons. The molecule has 0 bridgehead atoms. The first-order valence-corrected chi connectivity index (χ1v) is 19.1. The summed E-state index contributed by atoms with van der Waals surface area (Å²) in [5.41, 5.74) is -1.54. The minimum absolute atomic E-state index is 0.135. The Kier molecular flexibility index (Phi) is 14.1. The first kappa shape index (κ1) is 42.6. The van der Waals surface area contributed by atoms with Crippen LogP contribution in [0.25, 0.3) is 0 Å². The number of amides is 1. The smallest absolute Gasteiger partial charge is 0.411 e. The van der Waals surface area contributed by atoms with E-state index in [4.69, 9.17) is 23.7 Å². The lowest BCUT2D eigenvalue weighted by Gasteiger charge is -2.47. The fourth-order valence-corrected chi connectivity index (χ4v) is 8.69. The van der Waals surface area contributed by atoms with Crippen LogP contribution in [0.4, 0.5) is 4.79 Å². The molecule has 3 saturated heterocycles. The molecule has 0 unspecified atom stereocenters. The first-order chi connectivity index (χ1) is 24.9. The molecule has 0 aromatic heterocycles. The van der Waals surface area contributed by atoms with Gasteiger partial charge in [-0.1, -0.05) is 70.2 Å². The van der Waals surface area contributed by atoms with Gasteiger partial charge in [0.05, 0.1) is 23.9 Å². The van der Waals surface area contributed by atoms with E-state index in [9.17, 15) is 24.3 Å². The Morgan fingerprint density at radius 2 is 1.64 bits per heavy atom. The minimum Gasteiger partial charge on any atom is -0.458 e. The van der Waals surface area contributed by atoms with Gasteiger partial charge in [-0.3, -0.25) is 19.3 Å². The van der Waals surface area contributed by atoms with Crippen molar-refractivity contribution in [1.82, 2.24) is 9.80 Å². The highest BCUT2D eigenvalue weighted by molar-refractivity contribution is 6.00. The van der Waals surface area contributed by atoms with Crippen molar-refractivity contribution in [3.8, 4) is 0 Å². The van der Waals surface area contributed by atoms with E-state index in [0.717, 1.165) is 5.56 Å². The van der Waals surface area contributed by atoms with Gasteiger partial charge < -0.3 is 33.7 Å². The lowest BCUT2D eigenvalue weighted by Crippen LogP contribution is -2.60. The van der Waals surface area contributed by atoms with Crippen molar-refractivity contribution in [2.24, 2.45) is 23.7 Å². The third-order valence-electron chi connectivity index (χ3n) is 11.8. The van der Waals surface area contributed by atoms with E-state index in [1.165, 1.54) is 14.0 Å². The first-order valence-electron chi connectivity index (χ1n) is 19.1. The predicted molar refractivity (Wildman–Crippen MR) is 199 cm³/mol. The Labute approximate surface area is 315 Å². The van der Waals surface area contributed by atoms with Crippen LogP contribution in [0.2, 0.25) is 0 Å². The summed E-state index contributed by atoms with van der Waals surface area (Å²) in [5.74, 6) is -4.92. The quantitative estimate of drug-likeness (QED) is 0.208. The number of nitrogens with zero attached hydrogens (tertiary/aromatic N) is 2. The number of likely N-dealkylation sites (N-methyl/N-ethyl adjacent to an activating group) is 1. The topological polar surface area (TPSA) is 141 Å². The highest BCUT2D eigenvalue weighted by Crippen LogP contribution is 2.43. The molecular formula is C41H62N2O10. The zero-order valence-electron chi connectivity index (χ0n) is 33.4. The molecule has 0 spiro atoms. The fraction of sp³-hybridized carbons (Fsp3) is 0.707. The van der Waals surface area contributed by atoms with Crippen LogP contribution in [0, 0.1) is 23.7 Å². The van der Waals surface area contributed by atoms with Crippen LogP contribution in [0.15, 0.2) is 42.5 Å². The average Bonchev–Trinajstić information content (AvgIpc) is 3.39. The maximum Gasteiger partial charge on any atom is 0.411 e. The molecule has 0 aliphatic carbocycles. The molecule has 12 heteroatoms. The third-order valence-corrected chi connectivity index (χ3v) is 11.8. The number of ether oxygens (including phenoxy) is 5. The van der Waals surface area contributed by atoms with Crippen LogP contribution in [0.3, 0.4) is 0 Å². The molecule has 1 N–H and O–H groups in total. The van der Waals surface area contributed by atoms with Crippen LogP contribution in [-0.4, -0.2) is 120 Å². The molecule has 1 aromatic rings. The van der Waals surface area contributed by atoms with Gasteiger partial charge in [0.25, 0.3) is 0 Å². The zero-order valence-corrected chi connectivity index (χ0v) is 33.4. The number of ketones is 2. The van der Waals surface area contributed by atoms with Gasteiger partial charge in [-0.25, -0.2) is 4.79 Å². The number of Topliss-reactive ketones (excluding diaryl/α,β-unsaturated/α-hetero) is 2. The molecule has 3 fully saturated rings. The number of esters is 1. The number of hydrogen-bond donors (Lipinski definition) is 1. The van der Waals surface area contributed by atoms with Gasteiger partial charge in [0, 0.05) is 37.5 Å². The van der Waals surface area contributed by atoms with E-state index in [1.54, 1.807) is 39.5 Å². The monoisotopic (exact) mass is 742 g/mol. The minimum atomic E-state index is -1.40. The van der Waals surface area contributed by atoms with Crippen molar-refractivity contribution in [3.63, 3.8) is 0 Å². The molecule has 1 aromatic carbocycles. The van der Waals surface area contributed by atoms with E-state index in [2.05, 4.69) is 0 Å². The molecule has 1 amide bonds. The van der Waals surface area contributed by atoms with E-state index in [-0.39, 0.29) is 37.3 Å². The number of aliphatic hydroxyl groups excluding tert-OH is 1. The number of aliphatic hydroxyl groups is 1. The summed E-state index contributed by atoms with van der Waals surface area (Å²) in [6, 6.07) is 8.86. The Balaban J connectivity index is 1.74. The normalized spacial score (nSPS) is 39.2. The summed E-state index contributed by atoms with van der Waals surface area (Å²) >= 11 is 0. The van der Waals surface area contributed by atoms with Crippen molar-refractivity contribution in [2.75, 3.05) is 27.7 Å². The van der Waals surface area contributed by atoms with Crippen LogP contribution in [-0.2, 0) is 44.5 Å². The van der Waals surface area contributed by atoms with Crippen molar-refractivity contribution in [3.05, 3.63) is 48.0 Å². The number of fused-ring (bicyclic) bond motifs is 1. The van der Waals surface area contributed by atoms with Crippen molar-refractivity contribution < 1.29 is 48.0 Å². The van der Waals surface area contributed by atoms with Gasteiger partial charge in [0.2, 0.25) is 0 Å². The van der Waals surface area contributed by atoms with Crippen LogP contribution in [0.5, 0.6) is 0 Å². The Bertz CT molecular complexity index is 1470. The third kappa shape index (κ3) is 9.05. The molecule has 53 heavy (non-hydrogen) atoms. The second kappa shape index (κ2) is 17.5. The number of methoxy groups -OCH3 is 1. The molecule has 3 heterocycles. The second-order valence-corrected chi connectivity index (χ2v) is 16.0. The Morgan fingerprint density at radius 3 is 2.25 bits per heavy atom. The lowest BCUT2D eigenvalue weighted by molar-refractivity contribution is -0.295. The summed E-state index contributed by atoms with van der Waals surface area (Å²) in [6.45, 7) is 14.1. The molecule has 4 rings (SSSR count). The number of benzene rings is 1. The van der Waals surface area contributed by atoms with Gasteiger partial charge in [-0.15, -0.1) is 0 Å². The average molecular weight is 743 g/mol. The van der Waals surface area contributed by atoms with Crippen LogP contribution in [0.1, 0.15) is 80.2 Å². The van der Waals surface area contributed by atoms with E-state index < -0.39 is 83.4 Å². The highest BCUT2D eigenvalue weighted by Gasteiger charge is 2.60. The zero-order chi connectivity index (χ0) is 39.4. The number of carbonyl (C=O) groups is 4. The van der Waals surface area contributed by atoms with Gasteiger partial charge in [0.15, 0.2) is 17.7 Å². The maximum absolute atomic E-state index is 14.6. The Hall–Kier alpha value is -3.16. The summed E-state index contributed by atoms with van der Waals surface area (Å²) in [4.78, 5) is 59.8. The molecular weight excluding hydrogens is 680 g/mol. The summed E-state index contributed by atoms with van der Waals surface area (Å²) in [7, 11) is 5.24. The summed E-state index contributed by atoms with van der Waals surface area (Å²) in [6.07, 6.45) is 0.488. The molecule has 13 atom stereocenters.